The van der Waals surface area contributed by atoms with Crippen LogP contribution in [0.3, 0.4) is 0 Å². The summed E-state index contributed by atoms with van der Waals surface area (Å²) < 4.78 is 37.6. The predicted molar refractivity (Wildman–Crippen MR) is 75.6 cm³/mol. The summed E-state index contributed by atoms with van der Waals surface area (Å²) in [5.74, 6) is -0.859. The summed E-state index contributed by atoms with van der Waals surface area (Å²) >= 11 is 1.03. The van der Waals surface area contributed by atoms with Crippen molar-refractivity contribution in [1.29, 1.82) is 0 Å². The van der Waals surface area contributed by atoms with Crippen LogP contribution in [0.5, 0.6) is 0 Å². The van der Waals surface area contributed by atoms with E-state index in [0.29, 0.717) is 16.3 Å². The largest absolute Gasteiger partial charge is 0.481 e. The number of hydrogen-bond acceptors (Lipinski definition) is 4. The van der Waals surface area contributed by atoms with Crippen LogP contribution in [-0.2, 0) is 11.0 Å². The van der Waals surface area contributed by atoms with Crippen LogP contribution in [-0.4, -0.2) is 26.8 Å². The van der Waals surface area contributed by atoms with Gasteiger partial charge >= 0.3 is 12.1 Å². The van der Waals surface area contributed by atoms with E-state index in [9.17, 15) is 18.0 Å². The van der Waals surface area contributed by atoms with Crippen LogP contribution in [0.25, 0.3) is 11.4 Å². The van der Waals surface area contributed by atoms with E-state index in [-0.39, 0.29) is 11.6 Å². The van der Waals surface area contributed by atoms with E-state index in [0.717, 1.165) is 23.9 Å². The number of hydrogen-bond donors (Lipinski definition) is 1. The Morgan fingerprint density at radius 1 is 1.23 bits per heavy atom. The molecule has 0 spiro atoms. The summed E-state index contributed by atoms with van der Waals surface area (Å²) in [6.07, 6.45) is -4.39. The van der Waals surface area contributed by atoms with Crippen molar-refractivity contribution in [2.24, 2.45) is 0 Å². The molecule has 2 rings (SSSR count). The second kappa shape index (κ2) is 6.35. The van der Waals surface area contributed by atoms with Gasteiger partial charge < -0.3 is 5.11 Å². The first-order valence-electron chi connectivity index (χ1n) is 6.13. The van der Waals surface area contributed by atoms with Gasteiger partial charge in [0, 0.05) is 11.3 Å². The van der Waals surface area contributed by atoms with Gasteiger partial charge in [-0.15, -0.1) is 0 Å². The monoisotopic (exact) mass is 328 g/mol. The van der Waals surface area contributed by atoms with Crippen molar-refractivity contribution in [2.75, 3.05) is 5.75 Å². The van der Waals surface area contributed by atoms with Gasteiger partial charge in [-0.05, 0) is 25.1 Å². The Bertz CT molecular complexity index is 687. The van der Waals surface area contributed by atoms with Crippen LogP contribution in [0.1, 0.15) is 11.3 Å². The number of nitrogens with zero attached hydrogens (tertiary/aromatic N) is 2. The standard InChI is InChI=1S/C14H11F3N2O2S/c1-8-6-11(22-7-12(20)21)19-13(18-8)9-2-4-10(5-3-9)14(15,16)17/h2-6H,7H2,1H3,(H,20,21). The number of aromatic nitrogens is 2. The summed E-state index contributed by atoms with van der Waals surface area (Å²) in [5.41, 5.74) is 0.302. The smallest absolute Gasteiger partial charge is 0.416 e. The summed E-state index contributed by atoms with van der Waals surface area (Å²) in [6.45, 7) is 1.71. The zero-order chi connectivity index (χ0) is 16.3. The quantitative estimate of drug-likeness (QED) is 0.686. The van der Waals surface area contributed by atoms with Crippen LogP contribution in [0, 0.1) is 6.92 Å². The second-order valence-electron chi connectivity index (χ2n) is 4.43. The molecular formula is C14H11F3N2O2S. The maximum Gasteiger partial charge on any atom is 0.416 e. The van der Waals surface area contributed by atoms with Gasteiger partial charge in [-0.25, -0.2) is 9.97 Å². The minimum atomic E-state index is -4.39. The van der Waals surface area contributed by atoms with Crippen LogP contribution < -0.4 is 0 Å². The molecule has 0 fully saturated rings. The molecular weight excluding hydrogens is 317 g/mol. The van der Waals surface area contributed by atoms with Gasteiger partial charge in [0.05, 0.1) is 11.3 Å². The molecule has 0 aliphatic rings. The Morgan fingerprint density at radius 2 is 1.86 bits per heavy atom. The van der Waals surface area contributed by atoms with Gasteiger partial charge in [0.15, 0.2) is 5.82 Å². The first kappa shape index (κ1) is 16.3. The molecule has 4 nitrogen and oxygen atoms in total. The second-order valence-corrected chi connectivity index (χ2v) is 5.42. The highest BCUT2D eigenvalue weighted by Gasteiger charge is 2.30. The molecule has 1 aromatic heterocycles. The predicted octanol–water partition coefficient (Wildman–Crippen LogP) is 3.65. The van der Waals surface area contributed by atoms with Gasteiger partial charge in [-0.2, -0.15) is 13.2 Å². The topological polar surface area (TPSA) is 63.1 Å². The highest BCUT2D eigenvalue weighted by Crippen LogP contribution is 2.30. The zero-order valence-corrected chi connectivity index (χ0v) is 12.2. The Labute approximate surface area is 128 Å². The number of thioether (sulfide) groups is 1. The van der Waals surface area contributed by atoms with E-state index in [4.69, 9.17) is 5.11 Å². The van der Waals surface area contributed by atoms with Crippen molar-refractivity contribution in [3.63, 3.8) is 0 Å². The Hall–Kier alpha value is -2.09. The first-order valence-corrected chi connectivity index (χ1v) is 7.12. The third kappa shape index (κ3) is 4.20. The number of rotatable bonds is 4. The molecule has 0 aliphatic carbocycles. The van der Waals surface area contributed by atoms with E-state index in [1.54, 1.807) is 13.0 Å². The Balaban J connectivity index is 2.30. The molecule has 0 unspecified atom stereocenters. The molecule has 0 saturated carbocycles. The lowest BCUT2D eigenvalue weighted by atomic mass is 10.1. The molecule has 1 N–H and O–H groups in total. The van der Waals surface area contributed by atoms with Gasteiger partial charge in [-0.1, -0.05) is 23.9 Å². The zero-order valence-electron chi connectivity index (χ0n) is 11.4. The lowest BCUT2D eigenvalue weighted by Gasteiger charge is -2.08. The van der Waals surface area contributed by atoms with Crippen molar-refractivity contribution in [1.82, 2.24) is 9.97 Å². The van der Waals surface area contributed by atoms with Crippen LogP contribution >= 0.6 is 11.8 Å². The number of aryl methyl sites for hydroxylation is 1. The SMILES string of the molecule is Cc1cc(SCC(=O)O)nc(-c2ccc(C(F)(F)F)cc2)n1. The van der Waals surface area contributed by atoms with Crippen molar-refractivity contribution in [3.05, 3.63) is 41.6 Å². The molecule has 1 aromatic carbocycles. The lowest BCUT2D eigenvalue weighted by Crippen LogP contribution is -2.04. The fourth-order valence-corrected chi connectivity index (χ4v) is 2.36. The fourth-order valence-electron chi connectivity index (χ4n) is 1.69. The van der Waals surface area contributed by atoms with Gasteiger partial charge in [0.25, 0.3) is 0 Å². The molecule has 0 aliphatic heterocycles. The van der Waals surface area contributed by atoms with E-state index in [2.05, 4.69) is 9.97 Å². The molecule has 0 bridgehead atoms. The summed E-state index contributed by atoms with van der Waals surface area (Å²) in [6, 6.07) is 6.14. The number of carbonyl (C=O) groups is 1. The van der Waals surface area contributed by atoms with Gasteiger partial charge in [-0.3, -0.25) is 4.79 Å². The van der Waals surface area contributed by atoms with E-state index >= 15 is 0 Å². The number of carboxylic acids is 1. The van der Waals surface area contributed by atoms with E-state index < -0.39 is 17.7 Å². The highest BCUT2D eigenvalue weighted by atomic mass is 32.2. The Morgan fingerprint density at radius 3 is 2.41 bits per heavy atom. The van der Waals surface area contributed by atoms with Crippen LogP contribution in [0.2, 0.25) is 0 Å². The number of carboxylic acid groups (broad SMARTS) is 1. The van der Waals surface area contributed by atoms with Gasteiger partial charge in [0.2, 0.25) is 0 Å². The molecule has 22 heavy (non-hydrogen) atoms. The van der Waals surface area contributed by atoms with Crippen LogP contribution in [0.15, 0.2) is 35.4 Å². The van der Waals surface area contributed by atoms with E-state index in [1.807, 2.05) is 0 Å². The molecule has 0 saturated heterocycles. The minimum Gasteiger partial charge on any atom is -0.481 e. The lowest BCUT2D eigenvalue weighted by molar-refractivity contribution is -0.137. The van der Waals surface area contributed by atoms with E-state index in [1.165, 1.54) is 12.1 Å². The minimum absolute atomic E-state index is 0.150. The normalized spacial score (nSPS) is 11.5. The number of alkyl halides is 3. The molecule has 2 aromatic rings. The molecule has 0 radical (unpaired) electrons. The van der Waals surface area contributed by atoms with Crippen molar-refractivity contribution in [2.45, 2.75) is 18.1 Å². The molecule has 0 atom stereocenters. The van der Waals surface area contributed by atoms with Crippen molar-refractivity contribution in [3.8, 4) is 11.4 Å². The number of benzene rings is 1. The average molecular weight is 328 g/mol. The summed E-state index contributed by atoms with van der Waals surface area (Å²) in [7, 11) is 0. The maximum absolute atomic E-state index is 12.5. The van der Waals surface area contributed by atoms with Gasteiger partial charge in [0.1, 0.15) is 5.03 Å². The molecule has 0 amide bonds. The fraction of sp³-hybridized carbons (Fsp3) is 0.214. The third-order valence-electron chi connectivity index (χ3n) is 2.64. The number of halogens is 3. The molecule has 1 heterocycles. The average Bonchev–Trinajstić information content (AvgIpc) is 2.44. The summed E-state index contributed by atoms with van der Waals surface area (Å²) in [4.78, 5) is 18.9. The molecule has 116 valence electrons. The first-order chi connectivity index (χ1) is 10.3. The van der Waals surface area contributed by atoms with Crippen LogP contribution in [0.4, 0.5) is 13.2 Å². The van der Waals surface area contributed by atoms with Crippen molar-refractivity contribution < 1.29 is 23.1 Å². The van der Waals surface area contributed by atoms with Crippen molar-refractivity contribution >= 4 is 17.7 Å². The molecule has 8 heteroatoms. The summed E-state index contributed by atoms with van der Waals surface area (Å²) in [5, 5.41) is 9.13. The Kier molecular flexibility index (Phi) is 4.70. The number of aliphatic carboxylic acids is 1. The highest BCUT2D eigenvalue weighted by molar-refractivity contribution is 7.99. The maximum atomic E-state index is 12.5. The third-order valence-corrected chi connectivity index (χ3v) is 3.54.